The van der Waals surface area contributed by atoms with Gasteiger partial charge in [-0.2, -0.15) is 0 Å². The molecule has 0 spiro atoms. The summed E-state index contributed by atoms with van der Waals surface area (Å²) in [5.41, 5.74) is 4.81. The Kier molecular flexibility index (Phi) is 2.91. The first kappa shape index (κ1) is 12.0. The quantitative estimate of drug-likeness (QED) is 0.524. The number of hydrogen-bond donors (Lipinski definition) is 1. The van der Waals surface area contributed by atoms with E-state index in [-0.39, 0.29) is 37.1 Å². The zero-order valence-corrected chi connectivity index (χ0v) is 9.77. The van der Waals surface area contributed by atoms with E-state index in [1.165, 1.54) is 7.11 Å². The Morgan fingerprint density at radius 1 is 1.41 bits per heavy atom. The lowest BCUT2D eigenvalue weighted by molar-refractivity contribution is -0.151. The van der Waals surface area contributed by atoms with Crippen molar-refractivity contribution in [1.82, 2.24) is 4.90 Å². The molecule has 0 bridgehead atoms. The van der Waals surface area contributed by atoms with Crippen molar-refractivity contribution in [3.05, 3.63) is 0 Å². The number of nitrogens with zero attached hydrogens (tertiary/aromatic N) is 1. The molecule has 17 heavy (non-hydrogen) atoms. The van der Waals surface area contributed by atoms with Crippen LogP contribution in [0.5, 0.6) is 0 Å². The highest BCUT2D eigenvalue weighted by atomic mass is 16.5. The number of rotatable bonds is 4. The van der Waals surface area contributed by atoms with Gasteiger partial charge >= 0.3 is 5.97 Å². The number of carbonyl (C=O) groups excluding carboxylic acids is 3. The van der Waals surface area contributed by atoms with Gasteiger partial charge in [0.25, 0.3) is 0 Å². The molecule has 1 aliphatic carbocycles. The van der Waals surface area contributed by atoms with Gasteiger partial charge in [0.1, 0.15) is 5.54 Å². The Hall–Kier alpha value is -1.43. The lowest BCUT2D eigenvalue weighted by atomic mass is 9.94. The number of hydrogen-bond acceptors (Lipinski definition) is 5. The molecule has 0 aromatic heterocycles. The summed E-state index contributed by atoms with van der Waals surface area (Å²) in [6.07, 6.45) is 2.09. The minimum absolute atomic E-state index is 0.0103. The van der Waals surface area contributed by atoms with Crippen molar-refractivity contribution in [1.29, 1.82) is 0 Å². The number of methoxy groups -OCH3 is 1. The number of carbonyl (C=O) groups is 3. The van der Waals surface area contributed by atoms with Crippen LogP contribution in [0.25, 0.3) is 0 Å². The van der Waals surface area contributed by atoms with E-state index < -0.39 is 11.5 Å². The van der Waals surface area contributed by atoms with Crippen LogP contribution < -0.4 is 5.73 Å². The average Bonchev–Trinajstić information content (AvgIpc) is 3.11. The standard InChI is InChI=1S/C11H16N2O4/c1-17-10(16)11(12,7-2-3-7)6-13-8(14)4-5-9(13)15/h7H,2-6,12H2,1H3. The highest BCUT2D eigenvalue weighted by Crippen LogP contribution is 2.39. The predicted molar refractivity (Wildman–Crippen MR) is 57.6 cm³/mol. The molecule has 2 amide bonds. The fourth-order valence-corrected chi connectivity index (χ4v) is 2.21. The van der Waals surface area contributed by atoms with Crippen LogP contribution in [0.1, 0.15) is 25.7 Å². The van der Waals surface area contributed by atoms with Gasteiger partial charge in [0.15, 0.2) is 0 Å². The normalized spacial score (nSPS) is 23.8. The van der Waals surface area contributed by atoms with Crippen molar-refractivity contribution < 1.29 is 19.1 Å². The van der Waals surface area contributed by atoms with E-state index in [2.05, 4.69) is 4.74 Å². The highest BCUT2D eigenvalue weighted by Gasteiger charge is 2.51. The Labute approximate surface area is 99.1 Å². The summed E-state index contributed by atoms with van der Waals surface area (Å²) in [6.45, 7) is -0.0536. The second-order valence-electron chi connectivity index (χ2n) is 4.68. The molecule has 2 fully saturated rings. The van der Waals surface area contributed by atoms with Gasteiger partial charge in [-0.15, -0.1) is 0 Å². The van der Waals surface area contributed by atoms with Crippen LogP contribution in [0.15, 0.2) is 0 Å². The number of nitrogens with two attached hydrogens (primary N) is 1. The van der Waals surface area contributed by atoms with Gasteiger partial charge in [-0.05, 0) is 18.8 Å². The molecule has 1 saturated heterocycles. The van der Waals surface area contributed by atoms with Gasteiger partial charge < -0.3 is 10.5 Å². The molecular weight excluding hydrogens is 224 g/mol. The van der Waals surface area contributed by atoms with E-state index in [1.807, 2.05) is 0 Å². The summed E-state index contributed by atoms with van der Waals surface area (Å²) in [5.74, 6) is -1.05. The zero-order chi connectivity index (χ0) is 12.6. The summed E-state index contributed by atoms with van der Waals surface area (Å²) in [6, 6.07) is 0. The number of amides is 2. The van der Waals surface area contributed by atoms with Crippen molar-refractivity contribution in [3.8, 4) is 0 Å². The van der Waals surface area contributed by atoms with Crippen LogP contribution in [-0.4, -0.2) is 41.9 Å². The molecule has 1 atom stereocenters. The number of esters is 1. The molecule has 0 aromatic carbocycles. The minimum atomic E-state index is -1.23. The molecule has 1 unspecified atom stereocenters. The lowest BCUT2D eigenvalue weighted by Gasteiger charge is -2.30. The maximum atomic E-state index is 11.7. The Bertz CT molecular complexity index is 362. The average molecular weight is 240 g/mol. The maximum Gasteiger partial charge on any atom is 0.328 e. The highest BCUT2D eigenvalue weighted by molar-refractivity contribution is 6.02. The van der Waals surface area contributed by atoms with Crippen molar-refractivity contribution in [3.63, 3.8) is 0 Å². The first-order valence-electron chi connectivity index (χ1n) is 5.69. The maximum absolute atomic E-state index is 11.7. The van der Waals surface area contributed by atoms with Gasteiger partial charge in [-0.1, -0.05) is 0 Å². The number of imide groups is 1. The van der Waals surface area contributed by atoms with E-state index >= 15 is 0 Å². The van der Waals surface area contributed by atoms with Crippen LogP contribution in [-0.2, 0) is 19.1 Å². The smallest absolute Gasteiger partial charge is 0.328 e. The first-order chi connectivity index (χ1) is 7.99. The molecule has 0 radical (unpaired) electrons. The zero-order valence-electron chi connectivity index (χ0n) is 9.77. The van der Waals surface area contributed by atoms with E-state index in [0.29, 0.717) is 0 Å². The molecule has 0 aromatic rings. The third kappa shape index (κ3) is 2.04. The molecule has 6 heteroatoms. The summed E-state index contributed by atoms with van der Waals surface area (Å²) in [4.78, 5) is 35.8. The molecular formula is C11H16N2O4. The van der Waals surface area contributed by atoms with Crippen LogP contribution in [0, 0.1) is 5.92 Å². The number of likely N-dealkylation sites (tertiary alicyclic amines) is 1. The van der Waals surface area contributed by atoms with Crippen LogP contribution in [0.2, 0.25) is 0 Å². The Balaban J connectivity index is 2.15. The SMILES string of the molecule is COC(=O)C(N)(CN1C(=O)CCC1=O)C1CC1. The van der Waals surface area contributed by atoms with Gasteiger partial charge in [0, 0.05) is 12.8 Å². The second kappa shape index (κ2) is 4.10. The van der Waals surface area contributed by atoms with Gasteiger partial charge in [-0.25, -0.2) is 4.79 Å². The molecule has 94 valence electrons. The summed E-state index contributed by atoms with van der Waals surface area (Å²) in [7, 11) is 1.26. The summed E-state index contributed by atoms with van der Waals surface area (Å²) >= 11 is 0. The molecule has 1 heterocycles. The summed E-state index contributed by atoms with van der Waals surface area (Å²) < 4.78 is 4.68. The Morgan fingerprint density at radius 3 is 2.35 bits per heavy atom. The van der Waals surface area contributed by atoms with Gasteiger partial charge in [-0.3, -0.25) is 14.5 Å². The van der Waals surface area contributed by atoms with Crippen molar-refractivity contribution >= 4 is 17.8 Å². The minimum Gasteiger partial charge on any atom is -0.468 e. The topological polar surface area (TPSA) is 89.7 Å². The molecule has 2 aliphatic rings. The van der Waals surface area contributed by atoms with E-state index in [1.54, 1.807) is 0 Å². The van der Waals surface area contributed by atoms with Crippen LogP contribution in [0.4, 0.5) is 0 Å². The first-order valence-corrected chi connectivity index (χ1v) is 5.69. The molecule has 2 rings (SSSR count). The van der Waals surface area contributed by atoms with Crippen molar-refractivity contribution in [2.24, 2.45) is 11.7 Å². The second-order valence-corrected chi connectivity index (χ2v) is 4.68. The third-order valence-electron chi connectivity index (χ3n) is 3.45. The van der Waals surface area contributed by atoms with Gasteiger partial charge in [0.2, 0.25) is 11.8 Å². The predicted octanol–water partition coefficient (Wildman–Crippen LogP) is -0.584. The van der Waals surface area contributed by atoms with E-state index in [4.69, 9.17) is 5.73 Å². The molecule has 1 aliphatic heterocycles. The largest absolute Gasteiger partial charge is 0.468 e. The fraction of sp³-hybridized carbons (Fsp3) is 0.727. The molecule has 6 nitrogen and oxygen atoms in total. The lowest BCUT2D eigenvalue weighted by Crippen LogP contribution is -2.59. The fourth-order valence-electron chi connectivity index (χ4n) is 2.21. The summed E-state index contributed by atoms with van der Waals surface area (Å²) in [5, 5.41) is 0. The van der Waals surface area contributed by atoms with Gasteiger partial charge in [0.05, 0.1) is 13.7 Å². The van der Waals surface area contributed by atoms with Crippen molar-refractivity contribution in [2.75, 3.05) is 13.7 Å². The monoisotopic (exact) mass is 240 g/mol. The Morgan fingerprint density at radius 2 is 1.94 bits per heavy atom. The van der Waals surface area contributed by atoms with E-state index in [0.717, 1.165) is 17.7 Å². The molecule has 1 saturated carbocycles. The molecule has 2 N–H and O–H groups in total. The van der Waals surface area contributed by atoms with Crippen LogP contribution in [0.3, 0.4) is 0 Å². The van der Waals surface area contributed by atoms with Crippen molar-refractivity contribution in [2.45, 2.75) is 31.2 Å². The van der Waals surface area contributed by atoms with E-state index in [9.17, 15) is 14.4 Å². The number of ether oxygens (including phenoxy) is 1. The van der Waals surface area contributed by atoms with Crippen LogP contribution >= 0.6 is 0 Å². The third-order valence-corrected chi connectivity index (χ3v) is 3.45.